The largest absolute Gasteiger partial charge is 0.302 e. The standard InChI is InChI=1S/C16H18N2S.BrH/c1-5-16(6-8-18(7-1)12-16)14-2-3-15(17-10-14)13-4-9-19-11-13;/h2-4,9-11H,1,5-8,12H2;1H. The fourth-order valence-corrected chi connectivity index (χ4v) is 4.31. The molecular formula is C16H19BrN2S. The van der Waals surface area contributed by atoms with Crippen molar-refractivity contribution in [1.82, 2.24) is 9.88 Å². The maximum Gasteiger partial charge on any atom is 0.0710 e. The predicted molar refractivity (Wildman–Crippen MR) is 89.8 cm³/mol. The number of aromatic nitrogens is 1. The number of hydrogen-bond acceptors (Lipinski definition) is 3. The zero-order valence-electron chi connectivity index (χ0n) is 11.4. The Morgan fingerprint density at radius 2 is 2.10 bits per heavy atom. The maximum absolute atomic E-state index is 4.70. The molecule has 106 valence electrons. The predicted octanol–water partition coefficient (Wildman–Crippen LogP) is 4.13. The minimum atomic E-state index is 0. The zero-order valence-corrected chi connectivity index (χ0v) is 13.9. The summed E-state index contributed by atoms with van der Waals surface area (Å²) in [4.78, 5) is 7.30. The Labute approximate surface area is 134 Å². The van der Waals surface area contributed by atoms with Crippen molar-refractivity contribution >= 4 is 28.3 Å². The van der Waals surface area contributed by atoms with E-state index >= 15 is 0 Å². The van der Waals surface area contributed by atoms with Gasteiger partial charge in [0.15, 0.2) is 0 Å². The van der Waals surface area contributed by atoms with E-state index in [1.165, 1.54) is 50.0 Å². The van der Waals surface area contributed by atoms with Crippen molar-refractivity contribution < 1.29 is 0 Å². The quantitative estimate of drug-likeness (QED) is 0.809. The van der Waals surface area contributed by atoms with Gasteiger partial charge in [0.05, 0.1) is 5.69 Å². The van der Waals surface area contributed by atoms with E-state index in [-0.39, 0.29) is 17.0 Å². The monoisotopic (exact) mass is 350 g/mol. The molecule has 2 bridgehead atoms. The molecule has 4 heterocycles. The minimum absolute atomic E-state index is 0. The molecule has 2 aliphatic rings. The van der Waals surface area contributed by atoms with Crippen molar-refractivity contribution in [3.05, 3.63) is 40.7 Å². The van der Waals surface area contributed by atoms with Crippen LogP contribution in [0.4, 0.5) is 0 Å². The van der Waals surface area contributed by atoms with Crippen LogP contribution in [-0.2, 0) is 5.41 Å². The first kappa shape index (κ1) is 14.2. The van der Waals surface area contributed by atoms with E-state index in [9.17, 15) is 0 Å². The lowest BCUT2D eigenvalue weighted by Gasteiger charge is -2.34. The highest BCUT2D eigenvalue weighted by atomic mass is 79.9. The van der Waals surface area contributed by atoms with Crippen molar-refractivity contribution in [2.45, 2.75) is 24.7 Å². The van der Waals surface area contributed by atoms with Gasteiger partial charge < -0.3 is 4.90 Å². The summed E-state index contributed by atoms with van der Waals surface area (Å²) in [6.45, 7) is 3.81. The summed E-state index contributed by atoms with van der Waals surface area (Å²) >= 11 is 1.73. The fraction of sp³-hybridized carbons (Fsp3) is 0.438. The highest BCUT2D eigenvalue weighted by Crippen LogP contribution is 2.42. The van der Waals surface area contributed by atoms with Crippen LogP contribution in [-0.4, -0.2) is 29.5 Å². The molecule has 2 fully saturated rings. The van der Waals surface area contributed by atoms with Gasteiger partial charge in [0.1, 0.15) is 0 Å². The number of pyridine rings is 1. The van der Waals surface area contributed by atoms with Crippen LogP contribution >= 0.6 is 28.3 Å². The second-order valence-corrected chi connectivity index (χ2v) is 6.63. The van der Waals surface area contributed by atoms with Crippen molar-refractivity contribution in [3.8, 4) is 11.3 Å². The normalized spacial score (nSPS) is 28.1. The summed E-state index contributed by atoms with van der Waals surface area (Å²) in [7, 11) is 0. The average Bonchev–Trinajstić information content (AvgIpc) is 3.09. The Bertz CT molecular complexity index is 563. The molecule has 0 spiro atoms. The summed E-state index contributed by atoms with van der Waals surface area (Å²) < 4.78 is 0. The summed E-state index contributed by atoms with van der Waals surface area (Å²) in [6.07, 6.45) is 6.11. The van der Waals surface area contributed by atoms with Gasteiger partial charge in [-0.25, -0.2) is 0 Å². The molecule has 2 aromatic heterocycles. The smallest absolute Gasteiger partial charge is 0.0710 e. The van der Waals surface area contributed by atoms with Crippen molar-refractivity contribution in [1.29, 1.82) is 0 Å². The lowest BCUT2D eigenvalue weighted by molar-refractivity contribution is 0.243. The zero-order chi connectivity index (χ0) is 12.7. The highest BCUT2D eigenvalue weighted by Gasteiger charge is 2.42. The maximum atomic E-state index is 4.70. The van der Waals surface area contributed by atoms with Gasteiger partial charge in [-0.3, -0.25) is 4.98 Å². The molecule has 0 aromatic carbocycles. The first-order valence-corrected chi connectivity index (χ1v) is 8.02. The van der Waals surface area contributed by atoms with Gasteiger partial charge in [-0.05, 0) is 55.4 Å². The molecule has 2 saturated heterocycles. The SMILES string of the molecule is Br.c1cc(-c2ccc(C34CCCN(CC3)C4)cn2)cs1. The number of rotatable bonds is 2. The molecule has 2 atom stereocenters. The van der Waals surface area contributed by atoms with E-state index < -0.39 is 0 Å². The number of piperidine rings is 1. The van der Waals surface area contributed by atoms with E-state index in [0.29, 0.717) is 5.41 Å². The second kappa shape index (κ2) is 5.58. The summed E-state index contributed by atoms with van der Waals surface area (Å²) in [5.74, 6) is 0. The number of halogens is 1. The molecule has 4 heteroatoms. The van der Waals surface area contributed by atoms with Crippen LogP contribution in [0.1, 0.15) is 24.8 Å². The minimum Gasteiger partial charge on any atom is -0.302 e. The molecular weight excluding hydrogens is 332 g/mol. The summed E-state index contributed by atoms with van der Waals surface area (Å²) in [5.41, 5.74) is 4.20. The summed E-state index contributed by atoms with van der Waals surface area (Å²) in [5, 5.41) is 4.28. The molecule has 2 unspecified atom stereocenters. The summed E-state index contributed by atoms with van der Waals surface area (Å²) in [6, 6.07) is 6.65. The second-order valence-electron chi connectivity index (χ2n) is 5.85. The molecule has 2 nitrogen and oxygen atoms in total. The number of fused-ring (bicyclic) bond motifs is 2. The van der Waals surface area contributed by atoms with Crippen molar-refractivity contribution in [3.63, 3.8) is 0 Å². The van der Waals surface area contributed by atoms with Gasteiger partial charge in [0.25, 0.3) is 0 Å². The van der Waals surface area contributed by atoms with Crippen molar-refractivity contribution in [2.24, 2.45) is 0 Å². The fourth-order valence-electron chi connectivity index (χ4n) is 3.66. The molecule has 0 N–H and O–H groups in total. The Kier molecular flexibility index (Phi) is 3.98. The highest BCUT2D eigenvalue weighted by molar-refractivity contribution is 8.93. The molecule has 2 aromatic rings. The number of nitrogens with zero attached hydrogens (tertiary/aromatic N) is 2. The molecule has 2 aliphatic heterocycles. The van der Waals surface area contributed by atoms with Gasteiger partial charge in [-0.15, -0.1) is 17.0 Å². The Balaban J connectivity index is 0.00000121. The third-order valence-electron chi connectivity index (χ3n) is 4.76. The molecule has 4 rings (SSSR count). The average molecular weight is 351 g/mol. The van der Waals surface area contributed by atoms with Gasteiger partial charge in [-0.2, -0.15) is 11.3 Å². The van der Waals surface area contributed by atoms with Gasteiger partial charge in [-0.1, -0.05) is 6.07 Å². The molecule has 0 aliphatic carbocycles. The third kappa shape index (κ3) is 2.34. The first-order chi connectivity index (χ1) is 9.36. The van der Waals surface area contributed by atoms with Crippen LogP contribution in [0, 0.1) is 0 Å². The van der Waals surface area contributed by atoms with E-state index in [4.69, 9.17) is 4.98 Å². The van der Waals surface area contributed by atoms with E-state index in [0.717, 1.165) is 5.69 Å². The lowest BCUT2D eigenvalue weighted by atomic mass is 9.75. The van der Waals surface area contributed by atoms with Crippen LogP contribution in [0.2, 0.25) is 0 Å². The van der Waals surface area contributed by atoms with E-state index in [1.54, 1.807) is 11.3 Å². The van der Waals surface area contributed by atoms with Crippen LogP contribution < -0.4 is 0 Å². The van der Waals surface area contributed by atoms with Crippen LogP contribution in [0.15, 0.2) is 35.2 Å². The lowest BCUT2D eigenvalue weighted by Crippen LogP contribution is -2.36. The number of hydrogen-bond donors (Lipinski definition) is 0. The van der Waals surface area contributed by atoms with Gasteiger partial charge in [0.2, 0.25) is 0 Å². The van der Waals surface area contributed by atoms with E-state index in [1.807, 2.05) is 0 Å². The van der Waals surface area contributed by atoms with Crippen LogP contribution in [0.3, 0.4) is 0 Å². The topological polar surface area (TPSA) is 16.1 Å². The molecule has 0 amide bonds. The molecule has 0 saturated carbocycles. The van der Waals surface area contributed by atoms with Gasteiger partial charge in [0, 0.05) is 29.1 Å². The number of thiophene rings is 1. The van der Waals surface area contributed by atoms with Crippen LogP contribution in [0.5, 0.6) is 0 Å². The molecule has 0 radical (unpaired) electrons. The Hall–Kier alpha value is -0.710. The Morgan fingerprint density at radius 1 is 1.15 bits per heavy atom. The van der Waals surface area contributed by atoms with Gasteiger partial charge >= 0.3 is 0 Å². The Morgan fingerprint density at radius 3 is 2.85 bits per heavy atom. The first-order valence-electron chi connectivity index (χ1n) is 7.07. The van der Waals surface area contributed by atoms with E-state index in [2.05, 4.69) is 40.1 Å². The van der Waals surface area contributed by atoms with Crippen molar-refractivity contribution in [2.75, 3.05) is 19.6 Å². The third-order valence-corrected chi connectivity index (χ3v) is 5.44. The molecule has 20 heavy (non-hydrogen) atoms. The van der Waals surface area contributed by atoms with Crippen LogP contribution in [0.25, 0.3) is 11.3 Å².